The van der Waals surface area contributed by atoms with Gasteiger partial charge in [-0.05, 0) is 24.3 Å². The number of esters is 1. The maximum Gasteiger partial charge on any atom is 0.329 e. The van der Waals surface area contributed by atoms with Gasteiger partial charge in [-0.2, -0.15) is 0 Å². The fourth-order valence-corrected chi connectivity index (χ4v) is 2.54. The van der Waals surface area contributed by atoms with Crippen LogP contribution in [0.3, 0.4) is 0 Å². The molecule has 2 unspecified atom stereocenters. The number of halogens is 1. The zero-order valence-corrected chi connectivity index (χ0v) is 11.3. The van der Waals surface area contributed by atoms with Gasteiger partial charge in [0.1, 0.15) is 11.9 Å². The molecule has 0 aromatic heterocycles. The van der Waals surface area contributed by atoms with E-state index in [1.165, 1.54) is 38.3 Å². The van der Waals surface area contributed by atoms with E-state index in [2.05, 4.69) is 10.1 Å². The number of benzene rings is 1. The first-order valence-electron chi connectivity index (χ1n) is 5.43. The molecule has 0 aliphatic carbocycles. The molecule has 1 amide bonds. The lowest BCUT2D eigenvalue weighted by Crippen LogP contribution is -2.44. The van der Waals surface area contributed by atoms with Crippen LogP contribution in [0.2, 0.25) is 0 Å². The van der Waals surface area contributed by atoms with Crippen LogP contribution in [-0.2, 0) is 25.1 Å². The average molecular weight is 287 g/mol. The summed E-state index contributed by atoms with van der Waals surface area (Å²) >= 11 is 0. The van der Waals surface area contributed by atoms with E-state index in [1.54, 1.807) is 0 Å². The van der Waals surface area contributed by atoms with Gasteiger partial charge in [0.25, 0.3) is 0 Å². The van der Waals surface area contributed by atoms with Crippen molar-refractivity contribution in [1.29, 1.82) is 0 Å². The molecule has 1 N–H and O–H groups in total. The molecule has 0 heterocycles. The molecule has 1 aromatic rings. The highest BCUT2D eigenvalue weighted by Crippen LogP contribution is 2.09. The minimum Gasteiger partial charge on any atom is -0.467 e. The Morgan fingerprint density at radius 2 is 1.95 bits per heavy atom. The molecule has 2 atom stereocenters. The summed E-state index contributed by atoms with van der Waals surface area (Å²) in [5.41, 5.74) is 0. The monoisotopic (exact) mass is 287 g/mol. The molecule has 0 spiro atoms. The third-order valence-corrected chi connectivity index (χ3v) is 3.69. The van der Waals surface area contributed by atoms with E-state index in [9.17, 15) is 18.2 Å². The molecule has 0 saturated carbocycles. The van der Waals surface area contributed by atoms with Crippen LogP contribution < -0.4 is 5.32 Å². The van der Waals surface area contributed by atoms with E-state index in [0.29, 0.717) is 4.90 Å². The molecule has 7 heteroatoms. The van der Waals surface area contributed by atoms with Crippen LogP contribution in [0.15, 0.2) is 29.2 Å². The zero-order valence-electron chi connectivity index (χ0n) is 10.5. The minimum absolute atomic E-state index is 0.127. The Kier molecular flexibility index (Phi) is 5.62. The molecule has 0 bridgehead atoms. The highest BCUT2D eigenvalue weighted by Gasteiger charge is 2.23. The lowest BCUT2D eigenvalue weighted by atomic mass is 10.3. The van der Waals surface area contributed by atoms with Gasteiger partial charge >= 0.3 is 5.97 Å². The van der Waals surface area contributed by atoms with E-state index in [1.807, 2.05) is 0 Å². The summed E-state index contributed by atoms with van der Waals surface area (Å²) in [5.74, 6) is -1.66. The van der Waals surface area contributed by atoms with Crippen LogP contribution in [0.25, 0.3) is 0 Å². The summed E-state index contributed by atoms with van der Waals surface area (Å²) in [4.78, 5) is 22.8. The first kappa shape index (κ1) is 15.3. The molecule has 5 nitrogen and oxygen atoms in total. The second kappa shape index (κ2) is 6.98. The van der Waals surface area contributed by atoms with Crippen LogP contribution >= 0.6 is 0 Å². The lowest BCUT2D eigenvalue weighted by Gasteiger charge is -2.14. The summed E-state index contributed by atoms with van der Waals surface area (Å²) in [5, 5.41) is 2.36. The summed E-state index contributed by atoms with van der Waals surface area (Å²) in [6.45, 7) is 1.25. The summed E-state index contributed by atoms with van der Waals surface area (Å²) in [7, 11) is -0.364. The minimum atomic E-state index is -1.54. The highest BCUT2D eigenvalue weighted by molar-refractivity contribution is 7.85. The normalized spacial score (nSPS) is 13.4. The summed E-state index contributed by atoms with van der Waals surface area (Å²) in [6, 6.07) is 4.10. The molecule has 19 heavy (non-hydrogen) atoms. The molecular weight excluding hydrogens is 273 g/mol. The predicted octanol–water partition coefficient (Wildman–Crippen LogP) is 0.611. The Hall–Kier alpha value is -1.76. The van der Waals surface area contributed by atoms with Crippen molar-refractivity contribution >= 4 is 22.7 Å². The van der Waals surface area contributed by atoms with Crippen molar-refractivity contribution in [3.63, 3.8) is 0 Å². The summed E-state index contributed by atoms with van der Waals surface area (Å²) < 4.78 is 29.3. The number of methoxy groups -OCH3 is 1. The lowest BCUT2D eigenvalue weighted by molar-refractivity contribution is -0.144. The van der Waals surface area contributed by atoms with Gasteiger partial charge < -0.3 is 10.1 Å². The smallest absolute Gasteiger partial charge is 0.329 e. The van der Waals surface area contributed by atoms with Crippen molar-refractivity contribution in [3.05, 3.63) is 30.1 Å². The number of amides is 1. The first-order chi connectivity index (χ1) is 8.93. The molecule has 0 aliphatic heterocycles. The van der Waals surface area contributed by atoms with Gasteiger partial charge in [-0.1, -0.05) is 0 Å². The van der Waals surface area contributed by atoms with Gasteiger partial charge in [-0.25, -0.2) is 9.18 Å². The number of carbonyl (C=O) groups is 2. The third kappa shape index (κ3) is 4.78. The Labute approximate surface area is 112 Å². The highest BCUT2D eigenvalue weighted by atomic mass is 32.2. The molecule has 0 aliphatic rings. The predicted molar refractivity (Wildman–Crippen MR) is 67.3 cm³/mol. The topological polar surface area (TPSA) is 72.5 Å². The first-order valence-corrected chi connectivity index (χ1v) is 6.74. The van der Waals surface area contributed by atoms with E-state index in [0.717, 1.165) is 0 Å². The largest absolute Gasteiger partial charge is 0.467 e. The van der Waals surface area contributed by atoms with Crippen LogP contribution in [0, 0.1) is 5.82 Å². The quantitative estimate of drug-likeness (QED) is 0.805. The van der Waals surface area contributed by atoms with Gasteiger partial charge in [-0.3, -0.25) is 9.00 Å². The average Bonchev–Trinajstić information content (AvgIpc) is 2.37. The molecule has 0 radical (unpaired) electrons. The number of ether oxygens (including phenoxy) is 1. The molecule has 0 saturated heterocycles. The zero-order chi connectivity index (χ0) is 14.4. The van der Waals surface area contributed by atoms with Crippen molar-refractivity contribution in [3.8, 4) is 0 Å². The molecule has 0 fully saturated rings. The van der Waals surface area contributed by atoms with Crippen molar-refractivity contribution in [2.75, 3.05) is 12.9 Å². The Bertz CT molecular complexity index is 489. The van der Waals surface area contributed by atoms with Gasteiger partial charge in [0.15, 0.2) is 0 Å². The van der Waals surface area contributed by atoms with Crippen molar-refractivity contribution in [1.82, 2.24) is 5.32 Å². The van der Waals surface area contributed by atoms with E-state index < -0.39 is 34.5 Å². The summed E-state index contributed by atoms with van der Waals surface area (Å²) in [6.07, 6.45) is 0. The second-order valence-electron chi connectivity index (χ2n) is 3.74. The number of hydrogen-bond acceptors (Lipinski definition) is 4. The van der Waals surface area contributed by atoms with Crippen molar-refractivity contribution in [2.45, 2.75) is 17.9 Å². The van der Waals surface area contributed by atoms with Gasteiger partial charge in [0, 0.05) is 11.8 Å². The number of hydrogen-bond donors (Lipinski definition) is 1. The van der Waals surface area contributed by atoms with Crippen LogP contribution in [-0.4, -0.2) is 35.0 Å². The SMILES string of the molecule is COC(=O)C(CS(=O)c1ccc(F)cc1)NC(C)=O. The van der Waals surface area contributed by atoms with Crippen LogP contribution in [0.4, 0.5) is 4.39 Å². The molecular formula is C12H14FNO4S. The maximum atomic E-state index is 12.7. The standard InChI is InChI=1S/C12H14FNO4S/c1-8(15)14-11(12(16)18-2)7-19(17)10-5-3-9(13)4-6-10/h3-6,11H,7H2,1-2H3,(H,14,15). The number of nitrogens with one attached hydrogen (secondary N) is 1. The maximum absolute atomic E-state index is 12.7. The fourth-order valence-electron chi connectivity index (χ4n) is 1.39. The van der Waals surface area contributed by atoms with Gasteiger partial charge in [-0.15, -0.1) is 0 Å². The molecule has 104 valence electrons. The van der Waals surface area contributed by atoms with E-state index >= 15 is 0 Å². The van der Waals surface area contributed by atoms with E-state index in [4.69, 9.17) is 0 Å². The van der Waals surface area contributed by atoms with Crippen LogP contribution in [0.1, 0.15) is 6.92 Å². The van der Waals surface area contributed by atoms with Crippen molar-refractivity contribution in [2.24, 2.45) is 0 Å². The van der Waals surface area contributed by atoms with Gasteiger partial charge in [0.05, 0.1) is 23.7 Å². The number of carbonyl (C=O) groups excluding carboxylic acids is 2. The van der Waals surface area contributed by atoms with Gasteiger partial charge in [0.2, 0.25) is 5.91 Å². The number of rotatable bonds is 5. The second-order valence-corrected chi connectivity index (χ2v) is 5.24. The third-order valence-electron chi connectivity index (χ3n) is 2.26. The Morgan fingerprint density at radius 1 is 1.37 bits per heavy atom. The Balaban J connectivity index is 2.78. The van der Waals surface area contributed by atoms with Crippen LogP contribution in [0.5, 0.6) is 0 Å². The molecule has 1 aromatic carbocycles. The van der Waals surface area contributed by atoms with Crippen molar-refractivity contribution < 1.29 is 22.9 Å². The fraction of sp³-hybridized carbons (Fsp3) is 0.333. The Morgan fingerprint density at radius 3 is 2.42 bits per heavy atom. The molecule has 1 rings (SSSR count). The van der Waals surface area contributed by atoms with E-state index in [-0.39, 0.29) is 5.75 Å².